The van der Waals surface area contributed by atoms with Gasteiger partial charge in [0.25, 0.3) is 0 Å². The van der Waals surface area contributed by atoms with Crippen LogP contribution in [0.15, 0.2) is 66.9 Å². The summed E-state index contributed by atoms with van der Waals surface area (Å²) in [6.45, 7) is 0.378. The van der Waals surface area contributed by atoms with E-state index < -0.39 is 5.92 Å². The third kappa shape index (κ3) is 3.39. The van der Waals surface area contributed by atoms with Gasteiger partial charge >= 0.3 is 6.01 Å². The Morgan fingerprint density at radius 3 is 2.62 bits per heavy atom. The number of thiazole rings is 1. The van der Waals surface area contributed by atoms with Crippen molar-refractivity contribution in [1.82, 2.24) is 15.0 Å². The zero-order valence-corrected chi connectivity index (χ0v) is 14.6. The summed E-state index contributed by atoms with van der Waals surface area (Å²) in [5.41, 5.74) is 2.51. The van der Waals surface area contributed by atoms with Crippen molar-refractivity contribution in [3.05, 3.63) is 83.1 Å². The van der Waals surface area contributed by atoms with E-state index in [2.05, 4.69) is 21.0 Å². The molecule has 126 valence electrons. The second-order valence-electron chi connectivity index (χ2n) is 5.62. The van der Waals surface area contributed by atoms with E-state index in [-0.39, 0.29) is 6.01 Å². The van der Waals surface area contributed by atoms with Crippen LogP contribution in [0.3, 0.4) is 0 Å². The van der Waals surface area contributed by atoms with Gasteiger partial charge in [-0.1, -0.05) is 42.5 Å². The summed E-state index contributed by atoms with van der Waals surface area (Å²) >= 11 is 1.51. The van der Waals surface area contributed by atoms with Gasteiger partial charge in [-0.3, -0.25) is 0 Å². The molecule has 4 aromatic rings. The van der Waals surface area contributed by atoms with E-state index in [4.69, 9.17) is 4.74 Å². The van der Waals surface area contributed by atoms with Crippen molar-refractivity contribution in [3.8, 4) is 12.1 Å². The van der Waals surface area contributed by atoms with Gasteiger partial charge in [0, 0.05) is 6.20 Å². The molecule has 5 nitrogen and oxygen atoms in total. The van der Waals surface area contributed by atoms with Gasteiger partial charge in [0.2, 0.25) is 0 Å². The summed E-state index contributed by atoms with van der Waals surface area (Å²) < 4.78 is 6.73. The van der Waals surface area contributed by atoms with Gasteiger partial charge in [0.1, 0.15) is 17.5 Å². The Bertz CT molecular complexity index is 1040. The molecule has 0 spiro atoms. The largest absolute Gasteiger partial charge is 0.459 e. The molecule has 0 amide bonds. The zero-order valence-electron chi connectivity index (χ0n) is 13.7. The summed E-state index contributed by atoms with van der Waals surface area (Å²) in [6, 6.07) is 21.9. The fraction of sp³-hybridized carbons (Fsp3) is 0.100. The van der Waals surface area contributed by atoms with Gasteiger partial charge in [-0.05, 0) is 23.8 Å². The number of nitriles is 1. The second kappa shape index (κ2) is 7.30. The number of benzene rings is 2. The van der Waals surface area contributed by atoms with Gasteiger partial charge < -0.3 is 4.74 Å². The number of ether oxygens (including phenoxy) is 1. The molecule has 0 fully saturated rings. The van der Waals surface area contributed by atoms with Gasteiger partial charge in [0.15, 0.2) is 0 Å². The molecule has 26 heavy (non-hydrogen) atoms. The molecule has 0 N–H and O–H groups in total. The van der Waals surface area contributed by atoms with E-state index in [1.54, 1.807) is 12.3 Å². The molecule has 0 saturated heterocycles. The van der Waals surface area contributed by atoms with Crippen molar-refractivity contribution in [2.24, 2.45) is 0 Å². The van der Waals surface area contributed by atoms with Crippen molar-refractivity contribution in [1.29, 1.82) is 5.26 Å². The van der Waals surface area contributed by atoms with E-state index in [0.29, 0.717) is 12.3 Å². The lowest BCUT2D eigenvalue weighted by atomic mass is 10.1. The zero-order chi connectivity index (χ0) is 17.8. The van der Waals surface area contributed by atoms with Crippen LogP contribution in [-0.2, 0) is 6.61 Å². The highest BCUT2D eigenvalue weighted by molar-refractivity contribution is 7.18. The lowest BCUT2D eigenvalue weighted by molar-refractivity contribution is 0.279. The van der Waals surface area contributed by atoms with Crippen LogP contribution in [-0.4, -0.2) is 15.0 Å². The minimum absolute atomic E-state index is 0.257. The van der Waals surface area contributed by atoms with E-state index >= 15 is 0 Å². The SMILES string of the molecule is N#CC(c1ccnc(OCc2ccccc2)n1)c1nc2ccccc2s1. The van der Waals surface area contributed by atoms with E-state index in [0.717, 1.165) is 20.8 Å². The Labute approximate surface area is 154 Å². The molecule has 0 aliphatic rings. The number of rotatable bonds is 5. The number of para-hydroxylation sites is 1. The second-order valence-corrected chi connectivity index (χ2v) is 6.68. The quantitative estimate of drug-likeness (QED) is 0.531. The first-order chi connectivity index (χ1) is 12.8. The molecule has 6 heteroatoms. The molecule has 1 atom stereocenters. The summed E-state index contributed by atoms with van der Waals surface area (Å²) in [7, 11) is 0. The third-order valence-corrected chi connectivity index (χ3v) is 4.95. The average molecular weight is 358 g/mol. The first kappa shape index (κ1) is 16.2. The fourth-order valence-electron chi connectivity index (χ4n) is 2.57. The molecule has 2 aromatic carbocycles. The standard InChI is InChI=1S/C20H14N4OS/c21-12-15(19-23-17-8-4-5-9-18(17)26-19)16-10-11-22-20(24-16)25-13-14-6-2-1-3-7-14/h1-11,15H,13H2. The Balaban J connectivity index is 1.58. The molecule has 0 aliphatic heterocycles. The molecule has 2 heterocycles. The van der Waals surface area contributed by atoms with Crippen LogP contribution >= 0.6 is 11.3 Å². The molecule has 0 saturated carbocycles. The maximum absolute atomic E-state index is 9.67. The van der Waals surface area contributed by atoms with Gasteiger partial charge in [-0.25, -0.2) is 9.97 Å². The van der Waals surface area contributed by atoms with Crippen LogP contribution in [0, 0.1) is 11.3 Å². The monoisotopic (exact) mass is 358 g/mol. The molecule has 0 radical (unpaired) electrons. The van der Waals surface area contributed by atoms with Crippen LogP contribution in [0.4, 0.5) is 0 Å². The smallest absolute Gasteiger partial charge is 0.316 e. The number of fused-ring (bicyclic) bond motifs is 1. The summed E-state index contributed by atoms with van der Waals surface area (Å²) in [4.78, 5) is 13.1. The minimum atomic E-state index is -0.547. The van der Waals surface area contributed by atoms with Crippen molar-refractivity contribution < 1.29 is 4.74 Å². The Kier molecular flexibility index (Phi) is 4.54. The Morgan fingerprint density at radius 2 is 1.81 bits per heavy atom. The third-order valence-electron chi connectivity index (χ3n) is 3.85. The number of aromatic nitrogens is 3. The normalized spacial score (nSPS) is 11.8. The van der Waals surface area contributed by atoms with E-state index in [9.17, 15) is 5.26 Å². The van der Waals surface area contributed by atoms with Crippen molar-refractivity contribution >= 4 is 21.6 Å². The first-order valence-electron chi connectivity index (χ1n) is 8.08. The number of nitrogens with zero attached hydrogens (tertiary/aromatic N) is 4. The van der Waals surface area contributed by atoms with Crippen LogP contribution in [0.2, 0.25) is 0 Å². The summed E-state index contributed by atoms with van der Waals surface area (Å²) in [5.74, 6) is -0.547. The van der Waals surface area contributed by atoms with Gasteiger partial charge in [-0.15, -0.1) is 11.3 Å². The topological polar surface area (TPSA) is 71.7 Å². The molecular formula is C20H14N4OS. The minimum Gasteiger partial charge on any atom is -0.459 e. The highest BCUT2D eigenvalue weighted by Gasteiger charge is 2.20. The molecular weight excluding hydrogens is 344 g/mol. The highest BCUT2D eigenvalue weighted by atomic mass is 32.1. The predicted octanol–water partition coefficient (Wildman–Crippen LogP) is 4.32. The van der Waals surface area contributed by atoms with Crippen LogP contribution in [0.5, 0.6) is 6.01 Å². The highest BCUT2D eigenvalue weighted by Crippen LogP contribution is 2.30. The van der Waals surface area contributed by atoms with Crippen LogP contribution in [0.1, 0.15) is 22.2 Å². The molecule has 0 aliphatic carbocycles. The summed E-state index contributed by atoms with van der Waals surface area (Å²) in [6.07, 6.45) is 1.61. The predicted molar refractivity (Wildman–Crippen MR) is 99.9 cm³/mol. The van der Waals surface area contributed by atoms with Gasteiger partial charge in [0.05, 0.1) is 22.0 Å². The lowest BCUT2D eigenvalue weighted by Crippen LogP contribution is -2.05. The van der Waals surface area contributed by atoms with Crippen LogP contribution < -0.4 is 4.74 Å². The summed E-state index contributed by atoms with van der Waals surface area (Å²) in [5, 5.41) is 10.4. The maximum atomic E-state index is 9.67. The van der Waals surface area contributed by atoms with Crippen molar-refractivity contribution in [3.63, 3.8) is 0 Å². The first-order valence-corrected chi connectivity index (χ1v) is 8.90. The average Bonchev–Trinajstić information content (AvgIpc) is 3.12. The van der Waals surface area contributed by atoms with Crippen molar-refractivity contribution in [2.45, 2.75) is 12.5 Å². The number of hydrogen-bond donors (Lipinski definition) is 0. The molecule has 4 rings (SSSR count). The molecule has 1 unspecified atom stereocenters. The Hall–Kier alpha value is -3.30. The Morgan fingerprint density at radius 1 is 1.00 bits per heavy atom. The number of hydrogen-bond acceptors (Lipinski definition) is 6. The maximum Gasteiger partial charge on any atom is 0.316 e. The molecule has 0 bridgehead atoms. The fourth-order valence-corrected chi connectivity index (χ4v) is 3.59. The van der Waals surface area contributed by atoms with Crippen molar-refractivity contribution in [2.75, 3.05) is 0 Å². The lowest BCUT2D eigenvalue weighted by Gasteiger charge is -2.08. The van der Waals surface area contributed by atoms with E-state index in [1.165, 1.54) is 11.3 Å². The van der Waals surface area contributed by atoms with Crippen LogP contribution in [0.25, 0.3) is 10.2 Å². The molecule has 2 aromatic heterocycles. The van der Waals surface area contributed by atoms with E-state index in [1.807, 2.05) is 54.6 Å². The van der Waals surface area contributed by atoms with Gasteiger partial charge in [-0.2, -0.15) is 10.2 Å².